The molecule has 0 aromatic heterocycles. The first kappa shape index (κ1) is 20.1. The second-order valence-electron chi connectivity index (χ2n) is 5.69. The molecule has 0 unspecified atom stereocenters. The normalized spacial score (nSPS) is 15.3. The third kappa shape index (κ3) is 7.18. The second kappa shape index (κ2) is 10.7. The summed E-state index contributed by atoms with van der Waals surface area (Å²) in [7, 11) is -0.0144. The lowest BCUT2D eigenvalue weighted by Gasteiger charge is -2.40. The van der Waals surface area contributed by atoms with E-state index in [1.807, 2.05) is 0 Å². The van der Waals surface area contributed by atoms with E-state index in [0.717, 1.165) is 31.0 Å². The molecule has 0 aromatic carbocycles. The van der Waals surface area contributed by atoms with Crippen LogP contribution in [0, 0.1) is 0 Å². The number of hydrogen-bond donors (Lipinski definition) is 1. The maximum Gasteiger partial charge on any atom is 0.192 e. The lowest BCUT2D eigenvalue weighted by atomic mass is 9.97. The van der Waals surface area contributed by atoms with E-state index in [4.69, 9.17) is 13.9 Å². The molecule has 0 aromatic rings. The van der Waals surface area contributed by atoms with E-state index in [9.17, 15) is 5.11 Å². The summed E-state index contributed by atoms with van der Waals surface area (Å²) in [5, 5.41) is 9.34. The van der Waals surface area contributed by atoms with Gasteiger partial charge in [0.25, 0.3) is 0 Å². The molecule has 0 aliphatic carbocycles. The Hall–Kier alpha value is 0.0569. The third-order valence-electron chi connectivity index (χ3n) is 4.23. The highest BCUT2D eigenvalue weighted by Gasteiger charge is 2.37. The Morgan fingerprint density at radius 1 is 1.05 bits per heavy atom. The molecule has 5 heteroatoms. The zero-order valence-corrected chi connectivity index (χ0v) is 15.0. The molecule has 122 valence electrons. The van der Waals surface area contributed by atoms with Crippen LogP contribution in [-0.2, 0) is 13.9 Å². The van der Waals surface area contributed by atoms with Crippen LogP contribution in [0.25, 0.3) is 0 Å². The fraction of sp³-hybridized carbons (Fsp3) is 1.00. The topological polar surface area (TPSA) is 47.9 Å². The van der Waals surface area contributed by atoms with Crippen LogP contribution in [0.3, 0.4) is 0 Å². The largest absolute Gasteiger partial charge is 0.412 e. The van der Waals surface area contributed by atoms with Crippen LogP contribution < -0.4 is 0 Å². The number of ether oxygens (including phenoxy) is 2. The van der Waals surface area contributed by atoms with Gasteiger partial charge in [0.15, 0.2) is 8.32 Å². The summed E-state index contributed by atoms with van der Waals surface area (Å²) in [5.74, 6) is 0. The molecule has 0 fully saturated rings. The summed E-state index contributed by atoms with van der Waals surface area (Å²) >= 11 is 0. The van der Waals surface area contributed by atoms with Crippen molar-refractivity contribution in [1.29, 1.82) is 0 Å². The van der Waals surface area contributed by atoms with Gasteiger partial charge in [-0.1, -0.05) is 20.8 Å². The maximum absolute atomic E-state index is 9.34. The summed E-state index contributed by atoms with van der Waals surface area (Å²) < 4.78 is 16.8. The lowest BCUT2D eigenvalue weighted by molar-refractivity contribution is -0.0388. The van der Waals surface area contributed by atoms with Gasteiger partial charge < -0.3 is 19.0 Å². The van der Waals surface area contributed by atoms with E-state index in [-0.39, 0.29) is 12.2 Å². The van der Waals surface area contributed by atoms with Gasteiger partial charge in [0.05, 0.1) is 5.60 Å². The van der Waals surface area contributed by atoms with E-state index >= 15 is 0 Å². The number of hydrogen-bond acceptors (Lipinski definition) is 4. The van der Waals surface area contributed by atoms with Gasteiger partial charge in [-0.15, -0.1) is 0 Å². The molecule has 20 heavy (non-hydrogen) atoms. The summed E-state index contributed by atoms with van der Waals surface area (Å²) in [6.45, 7) is 10.0. The first-order chi connectivity index (χ1) is 9.51. The van der Waals surface area contributed by atoms with Crippen LogP contribution in [0.1, 0.15) is 47.0 Å². The molecule has 0 spiro atoms. The molecule has 0 amide bonds. The molecule has 1 N–H and O–H groups in total. The molecular formula is C15H34O4Si. The maximum atomic E-state index is 9.34. The molecule has 4 nitrogen and oxygen atoms in total. The SMILES string of the molecule is CC[Si](CC)(CC)O[C@@](C)(CCO)CCCOCOC. The van der Waals surface area contributed by atoms with Crippen LogP contribution >= 0.6 is 0 Å². The zero-order valence-electron chi connectivity index (χ0n) is 14.0. The average molecular weight is 307 g/mol. The Kier molecular flexibility index (Phi) is 10.8. The van der Waals surface area contributed by atoms with Crippen molar-refractivity contribution in [1.82, 2.24) is 0 Å². The highest BCUT2D eigenvalue weighted by atomic mass is 28.4. The summed E-state index contributed by atoms with van der Waals surface area (Å²) in [4.78, 5) is 0. The molecule has 0 saturated heterocycles. The predicted molar refractivity (Wildman–Crippen MR) is 85.5 cm³/mol. The van der Waals surface area contributed by atoms with Gasteiger partial charge in [0, 0.05) is 20.3 Å². The number of aliphatic hydroxyl groups is 1. The Bertz CT molecular complexity index is 226. The lowest BCUT2D eigenvalue weighted by Crippen LogP contribution is -2.46. The Morgan fingerprint density at radius 3 is 2.10 bits per heavy atom. The fourth-order valence-electron chi connectivity index (χ4n) is 2.64. The standard InChI is InChI=1S/C15H34O4Si/c1-6-20(7-2,8-3)19-15(4,11-12-16)10-9-13-18-14-17-5/h16H,6-14H2,1-5H3/t15-/m1/s1. The van der Waals surface area contributed by atoms with E-state index < -0.39 is 8.32 Å². The molecule has 0 heterocycles. The first-order valence-electron chi connectivity index (χ1n) is 7.89. The van der Waals surface area contributed by atoms with Crippen molar-refractivity contribution in [2.24, 2.45) is 0 Å². The van der Waals surface area contributed by atoms with Crippen LogP contribution in [0.15, 0.2) is 0 Å². The number of methoxy groups -OCH3 is 1. The van der Waals surface area contributed by atoms with Crippen LogP contribution in [0.5, 0.6) is 0 Å². The molecule has 1 atom stereocenters. The van der Waals surface area contributed by atoms with Crippen molar-refractivity contribution in [3.63, 3.8) is 0 Å². The number of rotatable bonds is 13. The van der Waals surface area contributed by atoms with Gasteiger partial charge in [0.1, 0.15) is 6.79 Å². The van der Waals surface area contributed by atoms with E-state index in [2.05, 4.69) is 27.7 Å². The van der Waals surface area contributed by atoms with E-state index in [0.29, 0.717) is 19.8 Å². The van der Waals surface area contributed by atoms with Gasteiger partial charge in [-0.3, -0.25) is 0 Å². The van der Waals surface area contributed by atoms with Crippen LogP contribution in [0.2, 0.25) is 18.1 Å². The molecular weight excluding hydrogens is 272 g/mol. The van der Waals surface area contributed by atoms with E-state index in [1.54, 1.807) is 7.11 Å². The summed E-state index contributed by atoms with van der Waals surface area (Å²) in [6, 6.07) is 3.42. The minimum atomic E-state index is -1.64. The monoisotopic (exact) mass is 306 g/mol. The minimum Gasteiger partial charge on any atom is -0.412 e. The van der Waals surface area contributed by atoms with Crippen LogP contribution in [0.4, 0.5) is 0 Å². The molecule has 0 bridgehead atoms. The van der Waals surface area contributed by atoms with Crippen molar-refractivity contribution in [2.45, 2.75) is 70.7 Å². The second-order valence-corrected chi connectivity index (χ2v) is 10.4. The summed E-state index contributed by atoms with van der Waals surface area (Å²) in [6.07, 6.45) is 2.56. The molecule has 0 aliphatic heterocycles. The highest BCUT2D eigenvalue weighted by Crippen LogP contribution is 2.32. The van der Waals surface area contributed by atoms with Crippen LogP contribution in [-0.4, -0.2) is 46.1 Å². The Morgan fingerprint density at radius 2 is 1.65 bits per heavy atom. The highest BCUT2D eigenvalue weighted by molar-refractivity contribution is 6.73. The van der Waals surface area contributed by atoms with Crippen molar-refractivity contribution in [2.75, 3.05) is 27.1 Å². The smallest absolute Gasteiger partial charge is 0.192 e. The third-order valence-corrected chi connectivity index (χ3v) is 9.02. The average Bonchev–Trinajstić information content (AvgIpc) is 2.45. The minimum absolute atomic E-state index is 0.178. The van der Waals surface area contributed by atoms with Crippen molar-refractivity contribution >= 4 is 8.32 Å². The van der Waals surface area contributed by atoms with Crippen molar-refractivity contribution < 1.29 is 19.0 Å². The number of aliphatic hydroxyl groups excluding tert-OH is 1. The fourth-order valence-corrected chi connectivity index (χ4v) is 5.83. The van der Waals surface area contributed by atoms with Gasteiger partial charge >= 0.3 is 0 Å². The first-order valence-corrected chi connectivity index (χ1v) is 10.4. The molecule has 0 saturated carbocycles. The molecule has 0 aliphatic rings. The molecule has 0 radical (unpaired) electrons. The summed E-state index contributed by atoms with van der Waals surface area (Å²) in [5.41, 5.74) is -0.223. The van der Waals surface area contributed by atoms with Crippen molar-refractivity contribution in [3.8, 4) is 0 Å². The Balaban J connectivity index is 4.49. The zero-order chi connectivity index (χ0) is 15.5. The predicted octanol–water partition coefficient (Wildman–Crippen LogP) is 3.55. The van der Waals surface area contributed by atoms with Gasteiger partial charge in [-0.05, 0) is 44.3 Å². The van der Waals surface area contributed by atoms with Gasteiger partial charge in [0.2, 0.25) is 0 Å². The van der Waals surface area contributed by atoms with Crippen molar-refractivity contribution in [3.05, 3.63) is 0 Å². The quantitative estimate of drug-likeness (QED) is 0.321. The Labute approximate surface area is 125 Å². The van der Waals surface area contributed by atoms with Gasteiger partial charge in [-0.2, -0.15) is 0 Å². The van der Waals surface area contributed by atoms with Gasteiger partial charge in [-0.25, -0.2) is 0 Å². The molecule has 0 rings (SSSR count). The van der Waals surface area contributed by atoms with E-state index in [1.165, 1.54) is 0 Å².